The van der Waals surface area contributed by atoms with Crippen molar-refractivity contribution in [2.75, 3.05) is 13.1 Å². The van der Waals surface area contributed by atoms with E-state index in [1.54, 1.807) is 4.88 Å². The average Bonchev–Trinajstić information content (AvgIpc) is 2.89. The minimum absolute atomic E-state index is 0.595. The monoisotopic (exact) mass is 251 g/mol. The summed E-state index contributed by atoms with van der Waals surface area (Å²) < 4.78 is 0. The van der Waals surface area contributed by atoms with E-state index in [-0.39, 0.29) is 0 Å². The van der Waals surface area contributed by atoms with Crippen molar-refractivity contribution in [3.05, 3.63) is 22.4 Å². The molecular weight excluding hydrogens is 226 g/mol. The van der Waals surface area contributed by atoms with E-state index in [0.29, 0.717) is 5.41 Å². The Labute approximate surface area is 110 Å². The molecule has 1 saturated carbocycles. The van der Waals surface area contributed by atoms with Crippen molar-refractivity contribution in [3.8, 4) is 0 Å². The van der Waals surface area contributed by atoms with Crippen molar-refractivity contribution >= 4 is 11.3 Å². The first-order valence-corrected chi connectivity index (χ1v) is 7.96. The minimum atomic E-state index is 0.595. The molecule has 1 nitrogen and oxygen atoms in total. The molecule has 0 radical (unpaired) electrons. The maximum Gasteiger partial charge on any atom is 0.00454 e. The Balaban J connectivity index is 1.90. The fourth-order valence-electron chi connectivity index (χ4n) is 3.05. The number of hydrogen-bond acceptors (Lipinski definition) is 2. The van der Waals surface area contributed by atoms with Crippen LogP contribution in [0, 0.1) is 5.41 Å². The van der Waals surface area contributed by atoms with E-state index in [2.05, 4.69) is 29.8 Å². The highest BCUT2D eigenvalue weighted by atomic mass is 32.1. The number of thiophene rings is 1. The maximum atomic E-state index is 3.59. The van der Waals surface area contributed by atoms with Gasteiger partial charge in [0.25, 0.3) is 0 Å². The van der Waals surface area contributed by atoms with Gasteiger partial charge < -0.3 is 5.32 Å². The van der Waals surface area contributed by atoms with Crippen LogP contribution in [0.4, 0.5) is 0 Å². The summed E-state index contributed by atoms with van der Waals surface area (Å²) >= 11 is 1.91. The molecule has 1 aliphatic carbocycles. The van der Waals surface area contributed by atoms with Crippen LogP contribution in [0.25, 0.3) is 0 Å². The van der Waals surface area contributed by atoms with Gasteiger partial charge in [0, 0.05) is 11.4 Å². The van der Waals surface area contributed by atoms with Gasteiger partial charge >= 0.3 is 0 Å². The number of hydrogen-bond donors (Lipinski definition) is 1. The van der Waals surface area contributed by atoms with Crippen molar-refractivity contribution in [2.45, 2.75) is 51.9 Å². The van der Waals surface area contributed by atoms with E-state index < -0.39 is 0 Å². The van der Waals surface area contributed by atoms with Gasteiger partial charge in [0.15, 0.2) is 0 Å². The van der Waals surface area contributed by atoms with E-state index >= 15 is 0 Å². The number of aryl methyl sites for hydroxylation is 1. The van der Waals surface area contributed by atoms with Gasteiger partial charge in [-0.15, -0.1) is 11.3 Å². The molecule has 1 aromatic heterocycles. The van der Waals surface area contributed by atoms with Crippen LogP contribution in [0.1, 0.15) is 50.3 Å². The predicted molar refractivity (Wildman–Crippen MR) is 76.7 cm³/mol. The maximum absolute atomic E-state index is 3.59. The molecule has 0 aromatic carbocycles. The molecule has 1 heterocycles. The summed E-state index contributed by atoms with van der Waals surface area (Å²) in [5, 5.41) is 5.79. The molecule has 0 spiro atoms. The molecule has 0 aliphatic heterocycles. The van der Waals surface area contributed by atoms with Crippen molar-refractivity contribution < 1.29 is 0 Å². The number of rotatable bonds is 6. The second kappa shape index (κ2) is 6.55. The molecule has 96 valence electrons. The molecule has 1 N–H and O–H groups in total. The Morgan fingerprint density at radius 1 is 1.29 bits per heavy atom. The molecule has 1 aromatic rings. The zero-order valence-corrected chi connectivity index (χ0v) is 11.8. The second-order valence-corrected chi connectivity index (χ2v) is 6.45. The molecule has 0 bridgehead atoms. The van der Waals surface area contributed by atoms with Crippen LogP contribution in [0.2, 0.25) is 0 Å². The van der Waals surface area contributed by atoms with Crippen molar-refractivity contribution in [1.29, 1.82) is 0 Å². The Morgan fingerprint density at radius 2 is 2.12 bits per heavy atom. The SMILES string of the molecule is CCNCC1(CCc2cccs2)CCCCC1. The highest BCUT2D eigenvalue weighted by Crippen LogP contribution is 2.39. The molecule has 1 aliphatic rings. The van der Waals surface area contributed by atoms with Crippen LogP contribution < -0.4 is 5.32 Å². The molecule has 2 rings (SSSR count). The Bertz CT molecular complexity index is 299. The van der Waals surface area contributed by atoms with Crippen molar-refractivity contribution in [1.82, 2.24) is 5.32 Å². The lowest BCUT2D eigenvalue weighted by Crippen LogP contribution is -2.36. The van der Waals surface area contributed by atoms with Crippen LogP contribution in [-0.4, -0.2) is 13.1 Å². The Hall–Kier alpha value is -0.340. The van der Waals surface area contributed by atoms with Crippen LogP contribution in [0.5, 0.6) is 0 Å². The van der Waals surface area contributed by atoms with E-state index in [1.807, 2.05) is 11.3 Å². The van der Waals surface area contributed by atoms with Crippen LogP contribution >= 0.6 is 11.3 Å². The summed E-state index contributed by atoms with van der Waals surface area (Å²) in [6.07, 6.45) is 9.86. The van der Waals surface area contributed by atoms with E-state index in [9.17, 15) is 0 Å². The largest absolute Gasteiger partial charge is 0.316 e. The first-order chi connectivity index (χ1) is 8.35. The van der Waals surface area contributed by atoms with E-state index in [1.165, 1.54) is 51.5 Å². The van der Waals surface area contributed by atoms with Gasteiger partial charge in [0.1, 0.15) is 0 Å². The predicted octanol–water partition coefficient (Wildman–Crippen LogP) is 4.24. The molecular formula is C15H25NS. The fraction of sp³-hybridized carbons (Fsp3) is 0.733. The van der Waals surface area contributed by atoms with Gasteiger partial charge in [-0.3, -0.25) is 0 Å². The quantitative estimate of drug-likeness (QED) is 0.797. The standard InChI is InChI=1S/C15H25NS/c1-2-16-13-15(9-4-3-5-10-15)11-8-14-7-6-12-17-14/h6-7,12,16H,2-5,8-11,13H2,1H3. The lowest BCUT2D eigenvalue weighted by Gasteiger charge is -2.37. The summed E-state index contributed by atoms with van der Waals surface area (Å²) in [7, 11) is 0. The van der Waals surface area contributed by atoms with Gasteiger partial charge in [-0.25, -0.2) is 0 Å². The molecule has 1 fully saturated rings. The van der Waals surface area contributed by atoms with Gasteiger partial charge in [-0.05, 0) is 49.1 Å². The van der Waals surface area contributed by atoms with E-state index in [4.69, 9.17) is 0 Å². The molecule has 17 heavy (non-hydrogen) atoms. The smallest absolute Gasteiger partial charge is 0.00454 e. The lowest BCUT2D eigenvalue weighted by molar-refractivity contribution is 0.168. The van der Waals surface area contributed by atoms with Crippen LogP contribution in [0.3, 0.4) is 0 Å². The topological polar surface area (TPSA) is 12.0 Å². The summed E-state index contributed by atoms with van der Waals surface area (Å²) in [6, 6.07) is 4.46. The molecule has 2 heteroatoms. The third-order valence-corrected chi connectivity index (χ3v) is 5.08. The van der Waals surface area contributed by atoms with Gasteiger partial charge in [0.2, 0.25) is 0 Å². The molecule has 0 amide bonds. The highest BCUT2D eigenvalue weighted by Gasteiger charge is 2.31. The minimum Gasteiger partial charge on any atom is -0.316 e. The van der Waals surface area contributed by atoms with Gasteiger partial charge in [-0.1, -0.05) is 32.3 Å². The van der Waals surface area contributed by atoms with Crippen LogP contribution in [0.15, 0.2) is 17.5 Å². The highest BCUT2D eigenvalue weighted by molar-refractivity contribution is 7.09. The van der Waals surface area contributed by atoms with E-state index in [0.717, 1.165) is 6.54 Å². The zero-order chi connectivity index (χ0) is 12.0. The van der Waals surface area contributed by atoms with Gasteiger partial charge in [0.05, 0.1) is 0 Å². The first-order valence-electron chi connectivity index (χ1n) is 7.08. The summed E-state index contributed by atoms with van der Waals surface area (Å²) in [4.78, 5) is 1.56. The first kappa shape index (κ1) is 13.1. The Kier molecular flexibility index (Phi) is 5.05. The molecule has 0 saturated heterocycles. The summed E-state index contributed by atoms with van der Waals surface area (Å²) in [5.74, 6) is 0. The Morgan fingerprint density at radius 3 is 2.76 bits per heavy atom. The molecule has 0 atom stereocenters. The third kappa shape index (κ3) is 3.82. The summed E-state index contributed by atoms with van der Waals surface area (Å²) in [6.45, 7) is 4.56. The second-order valence-electron chi connectivity index (χ2n) is 5.42. The van der Waals surface area contributed by atoms with Crippen LogP contribution in [-0.2, 0) is 6.42 Å². The number of nitrogens with one attached hydrogen (secondary N) is 1. The average molecular weight is 251 g/mol. The molecule has 0 unspecified atom stereocenters. The fourth-order valence-corrected chi connectivity index (χ4v) is 3.76. The van der Waals surface area contributed by atoms with Crippen molar-refractivity contribution in [2.24, 2.45) is 5.41 Å². The van der Waals surface area contributed by atoms with Crippen molar-refractivity contribution in [3.63, 3.8) is 0 Å². The zero-order valence-electron chi connectivity index (χ0n) is 11.0. The summed E-state index contributed by atoms with van der Waals surface area (Å²) in [5.41, 5.74) is 0.595. The lowest BCUT2D eigenvalue weighted by atomic mass is 9.71. The third-order valence-electron chi connectivity index (χ3n) is 4.15. The van der Waals surface area contributed by atoms with Gasteiger partial charge in [-0.2, -0.15) is 0 Å². The normalized spacial score (nSPS) is 19.4.